The standard InChI is InChI=1S/C18H12N2OS2/c21-17(15-11-23-16-4-2-1-3-14(15)16)20-13-7-5-12(6-8-13)18-19-9-10-22-18/h1-11H,(H,20,21). The molecule has 0 saturated carbocycles. The first-order valence-electron chi connectivity index (χ1n) is 7.09. The molecule has 0 fully saturated rings. The van der Waals surface area contributed by atoms with Crippen LogP contribution in [0.25, 0.3) is 20.7 Å². The van der Waals surface area contributed by atoms with Gasteiger partial charge in [-0.05, 0) is 30.3 Å². The van der Waals surface area contributed by atoms with Crippen molar-refractivity contribution in [3.8, 4) is 10.6 Å². The summed E-state index contributed by atoms with van der Waals surface area (Å²) in [6, 6.07) is 15.7. The zero-order valence-electron chi connectivity index (χ0n) is 12.0. The average molecular weight is 336 g/mol. The Bertz CT molecular complexity index is 956. The summed E-state index contributed by atoms with van der Waals surface area (Å²) in [5, 5.41) is 8.79. The van der Waals surface area contributed by atoms with Crippen LogP contribution in [0.1, 0.15) is 10.4 Å². The van der Waals surface area contributed by atoms with Crippen LogP contribution in [0.2, 0.25) is 0 Å². The molecular weight excluding hydrogens is 324 g/mol. The third-order valence-corrected chi connectivity index (χ3v) is 5.33. The Kier molecular flexibility index (Phi) is 3.65. The number of rotatable bonds is 3. The molecule has 4 aromatic rings. The van der Waals surface area contributed by atoms with Gasteiger partial charge in [-0.3, -0.25) is 4.79 Å². The van der Waals surface area contributed by atoms with Crippen molar-refractivity contribution in [1.82, 2.24) is 4.98 Å². The van der Waals surface area contributed by atoms with E-state index in [0.29, 0.717) is 0 Å². The minimum absolute atomic E-state index is 0.0792. The van der Waals surface area contributed by atoms with Crippen LogP contribution in [0, 0.1) is 0 Å². The molecular formula is C18H12N2OS2. The number of hydrogen-bond donors (Lipinski definition) is 1. The Hall–Kier alpha value is -2.50. The second-order valence-electron chi connectivity index (χ2n) is 5.01. The van der Waals surface area contributed by atoms with E-state index in [1.165, 1.54) is 0 Å². The van der Waals surface area contributed by atoms with Crippen molar-refractivity contribution >= 4 is 44.4 Å². The molecule has 0 aliphatic carbocycles. The number of nitrogens with one attached hydrogen (secondary N) is 1. The highest BCUT2D eigenvalue weighted by atomic mass is 32.1. The summed E-state index contributed by atoms with van der Waals surface area (Å²) in [5.74, 6) is -0.0792. The molecule has 0 aliphatic heterocycles. The van der Waals surface area contributed by atoms with E-state index in [4.69, 9.17) is 0 Å². The smallest absolute Gasteiger partial charge is 0.257 e. The zero-order chi connectivity index (χ0) is 15.6. The van der Waals surface area contributed by atoms with Gasteiger partial charge in [-0.25, -0.2) is 4.98 Å². The Balaban J connectivity index is 1.57. The number of carbonyl (C=O) groups is 1. The van der Waals surface area contributed by atoms with Crippen molar-refractivity contribution < 1.29 is 4.79 Å². The van der Waals surface area contributed by atoms with Gasteiger partial charge in [0, 0.05) is 38.3 Å². The number of fused-ring (bicyclic) bond motifs is 1. The van der Waals surface area contributed by atoms with E-state index in [9.17, 15) is 4.79 Å². The monoisotopic (exact) mass is 336 g/mol. The van der Waals surface area contributed by atoms with Crippen LogP contribution in [0.4, 0.5) is 5.69 Å². The molecule has 3 nitrogen and oxygen atoms in total. The van der Waals surface area contributed by atoms with Gasteiger partial charge in [0.05, 0.1) is 5.56 Å². The topological polar surface area (TPSA) is 42.0 Å². The highest BCUT2D eigenvalue weighted by molar-refractivity contribution is 7.17. The van der Waals surface area contributed by atoms with E-state index in [0.717, 1.165) is 31.9 Å². The fraction of sp³-hybridized carbons (Fsp3) is 0. The quantitative estimate of drug-likeness (QED) is 0.553. The first-order valence-corrected chi connectivity index (χ1v) is 8.85. The number of benzene rings is 2. The second-order valence-corrected chi connectivity index (χ2v) is 6.82. The maximum absolute atomic E-state index is 12.5. The molecule has 0 bridgehead atoms. The maximum atomic E-state index is 12.5. The van der Waals surface area contributed by atoms with Crippen molar-refractivity contribution in [3.05, 3.63) is 71.1 Å². The summed E-state index contributed by atoms with van der Waals surface area (Å²) >= 11 is 3.18. The predicted octanol–water partition coefficient (Wildman–Crippen LogP) is 5.28. The Morgan fingerprint density at radius 2 is 1.83 bits per heavy atom. The van der Waals surface area contributed by atoms with E-state index >= 15 is 0 Å². The molecule has 2 aromatic heterocycles. The van der Waals surface area contributed by atoms with Gasteiger partial charge >= 0.3 is 0 Å². The molecule has 1 amide bonds. The summed E-state index contributed by atoms with van der Waals surface area (Å²) in [4.78, 5) is 16.8. The summed E-state index contributed by atoms with van der Waals surface area (Å²) < 4.78 is 1.12. The number of nitrogens with zero attached hydrogens (tertiary/aromatic N) is 1. The molecule has 0 unspecified atom stereocenters. The highest BCUT2D eigenvalue weighted by Gasteiger charge is 2.12. The van der Waals surface area contributed by atoms with E-state index in [1.54, 1.807) is 28.9 Å². The van der Waals surface area contributed by atoms with Gasteiger partial charge in [0.25, 0.3) is 5.91 Å². The Labute approximate surface area is 141 Å². The molecule has 0 spiro atoms. The number of thiophene rings is 1. The number of aromatic nitrogens is 1. The van der Waals surface area contributed by atoms with Gasteiger partial charge in [-0.1, -0.05) is 18.2 Å². The first kappa shape index (κ1) is 14.1. The van der Waals surface area contributed by atoms with Gasteiger partial charge in [-0.15, -0.1) is 22.7 Å². The lowest BCUT2D eigenvalue weighted by molar-refractivity contribution is 0.102. The molecule has 2 heterocycles. The zero-order valence-corrected chi connectivity index (χ0v) is 13.7. The van der Waals surface area contributed by atoms with Crippen molar-refractivity contribution in [3.63, 3.8) is 0 Å². The van der Waals surface area contributed by atoms with Crippen LogP contribution in [0.3, 0.4) is 0 Å². The van der Waals surface area contributed by atoms with E-state index in [-0.39, 0.29) is 5.91 Å². The predicted molar refractivity (Wildman–Crippen MR) is 97.3 cm³/mol. The van der Waals surface area contributed by atoms with Crippen LogP contribution in [-0.4, -0.2) is 10.9 Å². The molecule has 1 N–H and O–H groups in total. The van der Waals surface area contributed by atoms with Crippen molar-refractivity contribution in [2.45, 2.75) is 0 Å². The number of amides is 1. The average Bonchev–Trinajstić information content (AvgIpc) is 3.25. The largest absolute Gasteiger partial charge is 0.322 e. The molecule has 4 rings (SSSR count). The van der Waals surface area contributed by atoms with Crippen LogP contribution >= 0.6 is 22.7 Å². The van der Waals surface area contributed by atoms with Crippen molar-refractivity contribution in [2.24, 2.45) is 0 Å². The Morgan fingerprint density at radius 1 is 1.00 bits per heavy atom. The molecule has 112 valence electrons. The van der Waals surface area contributed by atoms with Gasteiger partial charge in [0.2, 0.25) is 0 Å². The summed E-state index contributed by atoms with van der Waals surface area (Å²) in [5.41, 5.74) is 2.55. The van der Waals surface area contributed by atoms with Crippen molar-refractivity contribution in [1.29, 1.82) is 0 Å². The molecule has 0 aliphatic rings. The van der Waals surface area contributed by atoms with E-state index < -0.39 is 0 Å². The highest BCUT2D eigenvalue weighted by Crippen LogP contribution is 2.27. The van der Waals surface area contributed by atoms with Gasteiger partial charge < -0.3 is 5.32 Å². The molecule has 5 heteroatoms. The molecule has 0 radical (unpaired) electrons. The van der Waals surface area contributed by atoms with Gasteiger partial charge in [0.1, 0.15) is 5.01 Å². The first-order chi connectivity index (χ1) is 11.3. The lowest BCUT2D eigenvalue weighted by atomic mass is 10.1. The lowest BCUT2D eigenvalue weighted by Gasteiger charge is -2.05. The molecule has 2 aromatic carbocycles. The number of thiazole rings is 1. The summed E-state index contributed by atoms with van der Waals surface area (Å²) in [7, 11) is 0. The molecule has 0 atom stereocenters. The minimum Gasteiger partial charge on any atom is -0.322 e. The van der Waals surface area contributed by atoms with Gasteiger partial charge in [-0.2, -0.15) is 0 Å². The van der Waals surface area contributed by atoms with Crippen LogP contribution in [0.5, 0.6) is 0 Å². The fourth-order valence-electron chi connectivity index (χ4n) is 2.41. The third-order valence-electron chi connectivity index (χ3n) is 3.55. The van der Waals surface area contributed by atoms with Crippen LogP contribution in [-0.2, 0) is 0 Å². The van der Waals surface area contributed by atoms with E-state index in [1.807, 2.05) is 59.3 Å². The van der Waals surface area contributed by atoms with Gasteiger partial charge in [0.15, 0.2) is 0 Å². The van der Waals surface area contributed by atoms with Crippen LogP contribution in [0.15, 0.2) is 65.5 Å². The van der Waals surface area contributed by atoms with Crippen LogP contribution < -0.4 is 5.32 Å². The normalized spacial score (nSPS) is 10.8. The lowest BCUT2D eigenvalue weighted by Crippen LogP contribution is -2.11. The number of carbonyl (C=O) groups excluding carboxylic acids is 1. The maximum Gasteiger partial charge on any atom is 0.257 e. The Morgan fingerprint density at radius 3 is 2.61 bits per heavy atom. The SMILES string of the molecule is O=C(Nc1ccc(-c2nccs2)cc1)c1csc2ccccc12. The number of anilines is 1. The minimum atomic E-state index is -0.0792. The molecule has 0 saturated heterocycles. The van der Waals surface area contributed by atoms with Crippen molar-refractivity contribution in [2.75, 3.05) is 5.32 Å². The fourth-order valence-corrected chi connectivity index (χ4v) is 4.00. The summed E-state index contributed by atoms with van der Waals surface area (Å²) in [6.07, 6.45) is 1.79. The molecule has 23 heavy (non-hydrogen) atoms. The third kappa shape index (κ3) is 2.76. The second kappa shape index (κ2) is 5.95. The summed E-state index contributed by atoms with van der Waals surface area (Å²) in [6.45, 7) is 0. The van der Waals surface area contributed by atoms with E-state index in [2.05, 4.69) is 10.3 Å². The number of hydrogen-bond acceptors (Lipinski definition) is 4.